The topological polar surface area (TPSA) is 75.6 Å². The summed E-state index contributed by atoms with van der Waals surface area (Å²) in [6.07, 6.45) is -0.689. The van der Waals surface area contributed by atoms with Gasteiger partial charge in [0, 0.05) is 3.92 Å². The van der Waals surface area contributed by atoms with Gasteiger partial charge in [-0.3, -0.25) is 4.79 Å². The minimum Gasteiger partial charge on any atom is -0.481 e. The van der Waals surface area contributed by atoms with Gasteiger partial charge in [-0.2, -0.15) is 0 Å². The van der Waals surface area contributed by atoms with Gasteiger partial charge in [0.05, 0.1) is 12.5 Å². The summed E-state index contributed by atoms with van der Waals surface area (Å²) in [5, 5.41) is 11.2. The van der Waals surface area contributed by atoms with Crippen LogP contribution in [0.2, 0.25) is 0 Å². The Morgan fingerprint density at radius 2 is 1.94 bits per heavy atom. The average molecular weight is 343 g/mol. The molecule has 5 nitrogen and oxygen atoms in total. The lowest BCUT2D eigenvalue weighted by molar-refractivity contribution is -0.137. The first kappa shape index (κ1) is 15.5. The largest absolute Gasteiger partial charge is 0.481 e. The van der Waals surface area contributed by atoms with Crippen molar-refractivity contribution < 1.29 is 19.4 Å². The van der Waals surface area contributed by atoms with Crippen molar-refractivity contribution in [3.8, 4) is 0 Å². The number of alkyl carbamates (subject to hydrolysis) is 1. The summed E-state index contributed by atoms with van der Waals surface area (Å²) in [6.45, 7) is 7.11. The van der Waals surface area contributed by atoms with Gasteiger partial charge < -0.3 is 15.2 Å². The predicted molar refractivity (Wildman–Crippen MR) is 68.9 cm³/mol. The van der Waals surface area contributed by atoms with Crippen molar-refractivity contribution in [3.05, 3.63) is 0 Å². The summed E-state index contributed by atoms with van der Waals surface area (Å²) in [4.78, 5) is 22.0. The van der Waals surface area contributed by atoms with Crippen molar-refractivity contribution in [3.63, 3.8) is 0 Å². The molecule has 2 atom stereocenters. The molecule has 94 valence electrons. The number of halogens is 1. The van der Waals surface area contributed by atoms with Gasteiger partial charge in [-0.1, -0.05) is 29.5 Å². The Balaban J connectivity index is 4.30. The van der Waals surface area contributed by atoms with E-state index in [1.165, 1.54) is 0 Å². The van der Waals surface area contributed by atoms with Gasteiger partial charge in [0.1, 0.15) is 5.60 Å². The monoisotopic (exact) mass is 343 g/mol. The Hall–Kier alpha value is -0.530. The Bertz CT molecular complexity index is 260. The number of rotatable bonds is 4. The molecular weight excluding hydrogens is 325 g/mol. The lowest BCUT2D eigenvalue weighted by Crippen LogP contribution is -2.43. The molecule has 0 aromatic heterocycles. The number of alkyl halides is 1. The molecule has 6 heteroatoms. The molecule has 0 fully saturated rings. The van der Waals surface area contributed by atoms with Crippen molar-refractivity contribution in [1.29, 1.82) is 0 Å². The highest BCUT2D eigenvalue weighted by Crippen LogP contribution is 2.11. The second-order valence-electron chi connectivity index (χ2n) is 4.53. The van der Waals surface area contributed by atoms with Gasteiger partial charge in [-0.25, -0.2) is 4.79 Å². The van der Waals surface area contributed by atoms with Gasteiger partial charge in [0.15, 0.2) is 0 Å². The van der Waals surface area contributed by atoms with Crippen molar-refractivity contribution >= 4 is 34.7 Å². The molecule has 0 bridgehead atoms. The number of ether oxygens (including phenoxy) is 1. The summed E-state index contributed by atoms with van der Waals surface area (Å²) >= 11 is 2.07. The molecule has 0 aliphatic heterocycles. The maximum absolute atomic E-state index is 11.4. The highest BCUT2D eigenvalue weighted by molar-refractivity contribution is 14.1. The van der Waals surface area contributed by atoms with E-state index in [0.717, 1.165) is 0 Å². The fourth-order valence-corrected chi connectivity index (χ4v) is 1.41. The quantitative estimate of drug-likeness (QED) is 0.606. The number of carboxylic acids is 1. The number of aliphatic carboxylic acids is 1. The Kier molecular flexibility index (Phi) is 6.06. The van der Waals surface area contributed by atoms with Crippen LogP contribution < -0.4 is 5.32 Å². The standard InChI is InChI=1S/C10H18INO4/c1-6(11)7(5-8(13)14)12-9(15)16-10(2,3)4/h6-7H,5H2,1-4H3,(H,12,15)(H,13,14)/t6?,7-/m1/s1. The van der Waals surface area contributed by atoms with Crippen LogP contribution in [0, 0.1) is 0 Å². The molecule has 16 heavy (non-hydrogen) atoms. The van der Waals surface area contributed by atoms with Crippen molar-refractivity contribution in [1.82, 2.24) is 5.32 Å². The molecule has 0 heterocycles. The lowest BCUT2D eigenvalue weighted by atomic mass is 10.1. The van der Waals surface area contributed by atoms with Crippen LogP contribution in [0.4, 0.5) is 4.79 Å². The zero-order chi connectivity index (χ0) is 12.9. The first-order chi connectivity index (χ1) is 7.11. The minimum atomic E-state index is -0.940. The number of carbonyl (C=O) groups excluding carboxylic acids is 1. The van der Waals surface area contributed by atoms with E-state index in [1.807, 2.05) is 6.92 Å². The summed E-state index contributed by atoms with van der Waals surface area (Å²) in [5.41, 5.74) is -0.577. The second-order valence-corrected chi connectivity index (χ2v) is 6.49. The lowest BCUT2D eigenvalue weighted by Gasteiger charge is -2.24. The predicted octanol–water partition coefficient (Wildman–Crippen LogP) is 2.18. The Labute approximate surface area is 109 Å². The molecule has 0 aromatic carbocycles. The van der Waals surface area contributed by atoms with Crippen LogP contribution in [0.5, 0.6) is 0 Å². The van der Waals surface area contributed by atoms with Crippen LogP contribution in [-0.2, 0) is 9.53 Å². The molecular formula is C10H18INO4. The van der Waals surface area contributed by atoms with Gasteiger partial charge in [-0.15, -0.1) is 0 Å². The molecule has 0 saturated heterocycles. The van der Waals surface area contributed by atoms with Gasteiger partial charge in [-0.05, 0) is 20.8 Å². The van der Waals surface area contributed by atoms with Crippen LogP contribution in [-0.4, -0.2) is 32.7 Å². The van der Waals surface area contributed by atoms with Crippen LogP contribution in [0.3, 0.4) is 0 Å². The van der Waals surface area contributed by atoms with E-state index in [-0.39, 0.29) is 10.3 Å². The average Bonchev–Trinajstić information content (AvgIpc) is 1.97. The van der Waals surface area contributed by atoms with Crippen molar-refractivity contribution in [2.24, 2.45) is 0 Å². The van der Waals surface area contributed by atoms with Crippen LogP contribution in [0.25, 0.3) is 0 Å². The third-order valence-corrected chi connectivity index (χ3v) is 2.52. The van der Waals surface area contributed by atoms with E-state index >= 15 is 0 Å². The third kappa shape index (κ3) is 7.72. The van der Waals surface area contributed by atoms with E-state index in [9.17, 15) is 9.59 Å². The highest BCUT2D eigenvalue weighted by atomic mass is 127. The van der Waals surface area contributed by atoms with Crippen molar-refractivity contribution in [2.45, 2.75) is 49.7 Å². The zero-order valence-corrected chi connectivity index (χ0v) is 12.1. The summed E-state index contributed by atoms with van der Waals surface area (Å²) in [7, 11) is 0. The second kappa shape index (κ2) is 6.27. The SMILES string of the molecule is CC(I)[C@@H](CC(=O)O)NC(=O)OC(C)(C)C. The molecule has 1 unspecified atom stereocenters. The van der Waals surface area contributed by atoms with Gasteiger partial charge >= 0.3 is 12.1 Å². The Morgan fingerprint density at radius 3 is 2.25 bits per heavy atom. The maximum Gasteiger partial charge on any atom is 0.407 e. The molecule has 0 spiro atoms. The molecule has 0 aliphatic carbocycles. The normalized spacial score (nSPS) is 15.1. The third-order valence-electron chi connectivity index (χ3n) is 1.65. The molecule has 0 aliphatic rings. The van der Waals surface area contributed by atoms with Crippen molar-refractivity contribution in [2.75, 3.05) is 0 Å². The molecule has 1 amide bonds. The van der Waals surface area contributed by atoms with Gasteiger partial charge in [0.25, 0.3) is 0 Å². The maximum atomic E-state index is 11.4. The van der Waals surface area contributed by atoms with E-state index < -0.39 is 23.7 Å². The number of hydrogen-bond acceptors (Lipinski definition) is 3. The minimum absolute atomic E-state index is 0.0150. The van der Waals surface area contributed by atoms with E-state index in [1.54, 1.807) is 20.8 Å². The highest BCUT2D eigenvalue weighted by Gasteiger charge is 2.23. The van der Waals surface area contributed by atoms with E-state index in [0.29, 0.717) is 0 Å². The molecule has 0 saturated carbocycles. The molecule has 0 rings (SSSR count). The smallest absolute Gasteiger partial charge is 0.407 e. The number of carboxylic acid groups (broad SMARTS) is 1. The Morgan fingerprint density at radius 1 is 1.44 bits per heavy atom. The first-order valence-electron chi connectivity index (χ1n) is 4.97. The summed E-state index contributed by atoms with van der Waals surface area (Å²) < 4.78 is 5.07. The number of carbonyl (C=O) groups is 2. The van der Waals surface area contributed by atoms with Crippen LogP contribution in [0.1, 0.15) is 34.1 Å². The summed E-state index contributed by atoms with van der Waals surface area (Å²) in [6, 6.07) is -0.423. The number of hydrogen-bond donors (Lipinski definition) is 2. The molecule has 0 radical (unpaired) electrons. The summed E-state index contributed by atoms with van der Waals surface area (Å²) in [5.74, 6) is -0.940. The van der Waals surface area contributed by atoms with Gasteiger partial charge in [0.2, 0.25) is 0 Å². The fraction of sp³-hybridized carbons (Fsp3) is 0.800. The molecule has 2 N–H and O–H groups in total. The fourth-order valence-electron chi connectivity index (χ4n) is 0.975. The van der Waals surface area contributed by atoms with E-state index in [4.69, 9.17) is 9.84 Å². The van der Waals surface area contributed by atoms with Crippen LogP contribution in [0.15, 0.2) is 0 Å². The first-order valence-corrected chi connectivity index (χ1v) is 6.22. The number of amides is 1. The molecule has 0 aromatic rings. The number of nitrogens with one attached hydrogen (secondary N) is 1. The van der Waals surface area contributed by atoms with E-state index in [2.05, 4.69) is 27.9 Å². The zero-order valence-electron chi connectivity index (χ0n) is 9.91. The van der Waals surface area contributed by atoms with Crippen LogP contribution >= 0.6 is 22.6 Å².